The number of aliphatic carboxylic acids is 3. The van der Waals surface area contributed by atoms with E-state index in [9.17, 15) is 57.9 Å². The Morgan fingerprint density at radius 1 is 0.871 bits per heavy atom. The number of aliphatic hydroxyl groups excluding tert-OH is 1. The molecule has 29 heteroatoms. The number of alkyl halides is 12. The van der Waals surface area contributed by atoms with Crippen LogP contribution >= 0.6 is 0 Å². The second-order valence-electron chi connectivity index (χ2n) is 13.0. The fourth-order valence-electron chi connectivity index (χ4n) is 5.86. The second kappa shape index (κ2) is 20.0. The topological polar surface area (TPSA) is 254 Å². The van der Waals surface area contributed by atoms with Crippen molar-refractivity contribution in [3.63, 3.8) is 0 Å². The molecule has 4 aromatic rings. The number of rotatable bonds is 8. The van der Waals surface area contributed by atoms with Gasteiger partial charge in [-0.05, 0) is 31.7 Å². The maximum Gasteiger partial charge on any atom is 0.490 e. The van der Waals surface area contributed by atoms with Gasteiger partial charge in [0.25, 0.3) is 0 Å². The molecule has 1 saturated heterocycles. The van der Waals surface area contributed by atoms with Crippen molar-refractivity contribution >= 4 is 28.9 Å². The molecule has 0 amide bonds. The molecule has 0 radical (unpaired) electrons. The van der Waals surface area contributed by atoms with Gasteiger partial charge in [0.15, 0.2) is 0 Å². The van der Waals surface area contributed by atoms with E-state index in [1.54, 1.807) is 6.20 Å². The largest absolute Gasteiger partial charge is 0.490 e. The molecule has 0 spiro atoms. The lowest BCUT2D eigenvalue weighted by atomic mass is 9.82. The van der Waals surface area contributed by atoms with Gasteiger partial charge < -0.3 is 30.1 Å². The summed E-state index contributed by atoms with van der Waals surface area (Å²) in [6, 6.07) is 5.89. The molecule has 1 aliphatic heterocycles. The predicted molar refractivity (Wildman–Crippen MR) is 180 cm³/mol. The first-order chi connectivity index (χ1) is 28.6. The van der Waals surface area contributed by atoms with Crippen molar-refractivity contribution in [1.82, 2.24) is 39.6 Å². The number of H-pyrrole nitrogens is 1. The molecular formula is C33H31F12N9O8. The highest BCUT2D eigenvalue weighted by Gasteiger charge is 2.48. The second-order valence-corrected chi connectivity index (χ2v) is 13.0. The lowest BCUT2D eigenvalue weighted by molar-refractivity contribution is -0.193. The average molecular weight is 910 g/mol. The van der Waals surface area contributed by atoms with Crippen LogP contribution in [0.3, 0.4) is 0 Å². The Morgan fingerprint density at radius 3 is 1.90 bits per heavy atom. The lowest BCUT2D eigenvalue weighted by Crippen LogP contribution is -2.65. The Labute approximate surface area is 338 Å². The molecule has 0 aromatic carbocycles. The molecule has 0 bridgehead atoms. The predicted octanol–water partition coefficient (Wildman–Crippen LogP) is 5.38. The maximum atomic E-state index is 13.2. The molecule has 0 unspecified atom stereocenters. The molecule has 2 aliphatic rings. The third-order valence-electron chi connectivity index (χ3n) is 8.65. The number of hydrogen-bond acceptors (Lipinski definition) is 12. The molecule has 62 heavy (non-hydrogen) atoms. The quantitative estimate of drug-likeness (QED) is 0.139. The number of fused-ring (bicyclic) bond motifs is 1. The smallest absolute Gasteiger partial charge is 0.475 e. The highest BCUT2D eigenvalue weighted by molar-refractivity contribution is 5.90. The third-order valence-corrected chi connectivity index (χ3v) is 8.65. The molecule has 17 nitrogen and oxygen atoms in total. The molecule has 4 aromatic heterocycles. The van der Waals surface area contributed by atoms with Gasteiger partial charge in [0.1, 0.15) is 23.6 Å². The first kappa shape index (κ1) is 50.0. The Morgan fingerprint density at radius 2 is 1.42 bits per heavy atom. The summed E-state index contributed by atoms with van der Waals surface area (Å²) in [4.78, 5) is 47.9. The minimum Gasteiger partial charge on any atom is -0.475 e. The molecule has 1 aliphatic carbocycles. The molecule has 5 heterocycles. The number of carboxylic acid groups (broad SMARTS) is 3. The van der Waals surface area contributed by atoms with E-state index in [1.807, 2.05) is 23.1 Å². The van der Waals surface area contributed by atoms with Gasteiger partial charge >= 0.3 is 42.6 Å². The van der Waals surface area contributed by atoms with Crippen LogP contribution in [-0.2, 0) is 32.5 Å². The number of aliphatic hydroxyl groups is 1. The van der Waals surface area contributed by atoms with Crippen molar-refractivity contribution in [3.8, 4) is 23.2 Å². The summed E-state index contributed by atoms with van der Waals surface area (Å²) in [6.07, 6.45) is -9.92. The number of nitriles is 1. The molecule has 0 atom stereocenters. The van der Waals surface area contributed by atoms with Crippen LogP contribution in [0.2, 0.25) is 0 Å². The molecule has 1 saturated carbocycles. The van der Waals surface area contributed by atoms with Crippen molar-refractivity contribution in [2.24, 2.45) is 0 Å². The number of hydrogen-bond donors (Lipinski definition) is 5. The van der Waals surface area contributed by atoms with Crippen molar-refractivity contribution in [3.05, 3.63) is 48.6 Å². The van der Waals surface area contributed by atoms with Crippen LogP contribution in [0.25, 0.3) is 22.3 Å². The van der Waals surface area contributed by atoms with Crippen LogP contribution in [0.4, 0.5) is 52.7 Å². The monoisotopic (exact) mass is 909 g/mol. The summed E-state index contributed by atoms with van der Waals surface area (Å²) < 4.78 is 143. The summed E-state index contributed by atoms with van der Waals surface area (Å²) in [7, 11) is 0. The van der Waals surface area contributed by atoms with Gasteiger partial charge in [0, 0.05) is 61.6 Å². The zero-order valence-corrected chi connectivity index (χ0v) is 31.0. The molecular weight excluding hydrogens is 878 g/mol. The molecule has 340 valence electrons. The van der Waals surface area contributed by atoms with Crippen LogP contribution in [0.5, 0.6) is 5.88 Å². The Bertz CT molecular complexity index is 2130. The maximum absolute atomic E-state index is 13.2. The van der Waals surface area contributed by atoms with Crippen molar-refractivity contribution < 1.29 is 92.2 Å². The average Bonchev–Trinajstić information content (AvgIpc) is 3.84. The van der Waals surface area contributed by atoms with E-state index < -0.39 is 54.0 Å². The molecule has 5 N–H and O–H groups in total. The molecule has 2 fully saturated rings. The zero-order valence-electron chi connectivity index (χ0n) is 31.0. The van der Waals surface area contributed by atoms with Gasteiger partial charge in [-0.25, -0.2) is 29.3 Å². The van der Waals surface area contributed by atoms with E-state index in [0.717, 1.165) is 35.1 Å². The number of nitrogens with one attached hydrogen (secondary N) is 1. The first-order valence-electron chi connectivity index (χ1n) is 17.2. The van der Waals surface area contributed by atoms with Gasteiger partial charge in [-0.2, -0.15) is 68.0 Å². The highest BCUT2D eigenvalue weighted by atomic mass is 19.4. The van der Waals surface area contributed by atoms with Crippen LogP contribution in [-0.4, -0.2) is 128 Å². The Kier molecular flexibility index (Phi) is 16.2. The van der Waals surface area contributed by atoms with E-state index in [2.05, 4.69) is 41.0 Å². The van der Waals surface area contributed by atoms with Gasteiger partial charge in [-0.1, -0.05) is 0 Å². The van der Waals surface area contributed by atoms with Gasteiger partial charge in [0.2, 0.25) is 11.7 Å². The van der Waals surface area contributed by atoms with Gasteiger partial charge in [0.05, 0.1) is 30.1 Å². The number of nitrogens with zero attached hydrogens (tertiary/aromatic N) is 8. The fourth-order valence-corrected chi connectivity index (χ4v) is 5.86. The number of ether oxygens (including phenoxy) is 1. The zero-order chi connectivity index (χ0) is 46.8. The highest BCUT2D eigenvalue weighted by Crippen LogP contribution is 2.39. The van der Waals surface area contributed by atoms with Crippen molar-refractivity contribution in [2.75, 3.05) is 19.7 Å². The Hall–Kier alpha value is -6.31. The number of carbonyl (C=O) groups is 3. The summed E-state index contributed by atoms with van der Waals surface area (Å²) in [6.45, 7) is 1.03. The minimum atomic E-state index is -5.08. The standard InChI is InChI=1S/C27H28F3N9O2.3C2HF3O2/c28-27(29,30)25-36-18(6-10-40)11-22(37-25)41-20-3-1-19(2-4-20)38-14-26(15-38,7-8-31)39-13-17(12-35-39)23-21-5-9-32-24(21)34-16-33-23;3*3-2(4,5)1(6)7/h5,9,11-13,16,19-20,40H,1-4,6-7,10,14-15H2,(H,32,33,34);3*(H,6,7)/t19-,20+;;;. The van der Waals surface area contributed by atoms with Crippen LogP contribution in [0, 0.1) is 11.3 Å². The number of carboxylic acids is 3. The van der Waals surface area contributed by atoms with Gasteiger partial charge in [-0.3, -0.25) is 9.58 Å². The molecule has 6 rings (SSSR count). The lowest BCUT2D eigenvalue weighted by Gasteiger charge is -2.53. The SMILES string of the molecule is N#CCC1(n2cc(-c3ncnc4[nH]ccc34)cn2)CN([C@H]2CC[C@@H](Oc3cc(CCO)nc(C(F)(F)F)n3)CC2)C1.O=C(O)C(F)(F)F.O=C(O)C(F)(F)F.O=C(O)C(F)(F)F. The van der Waals surface area contributed by atoms with E-state index >= 15 is 0 Å². The Balaban J connectivity index is 0.000000403. The van der Waals surface area contributed by atoms with Crippen molar-refractivity contribution in [1.29, 1.82) is 5.26 Å². The first-order valence-corrected chi connectivity index (χ1v) is 17.2. The summed E-state index contributed by atoms with van der Waals surface area (Å²) in [5.74, 6) is -9.65. The van der Waals surface area contributed by atoms with Crippen LogP contribution < -0.4 is 4.74 Å². The van der Waals surface area contributed by atoms with Gasteiger partial charge in [-0.15, -0.1) is 0 Å². The van der Waals surface area contributed by atoms with Crippen molar-refractivity contribution in [2.45, 2.75) is 80.9 Å². The normalized spacial score (nSPS) is 17.7. The van der Waals surface area contributed by atoms with E-state index in [0.29, 0.717) is 32.4 Å². The van der Waals surface area contributed by atoms with E-state index in [1.165, 1.54) is 12.4 Å². The summed E-state index contributed by atoms with van der Waals surface area (Å²) >= 11 is 0. The summed E-state index contributed by atoms with van der Waals surface area (Å²) in [5.41, 5.74) is 2.02. The number of likely N-dealkylation sites (tertiary alicyclic amines) is 1. The van der Waals surface area contributed by atoms with E-state index in [-0.39, 0.29) is 36.7 Å². The summed E-state index contributed by atoms with van der Waals surface area (Å²) in [5, 5.41) is 45.7. The number of halogens is 12. The van der Waals surface area contributed by atoms with Crippen LogP contribution in [0.1, 0.15) is 43.6 Å². The fraction of sp³-hybridized carbons (Fsp3) is 0.485. The minimum absolute atomic E-state index is 0.0125. The number of aromatic nitrogens is 7. The third kappa shape index (κ3) is 13.9. The van der Waals surface area contributed by atoms with Crippen LogP contribution in [0.15, 0.2) is 37.1 Å². The van der Waals surface area contributed by atoms with E-state index in [4.69, 9.17) is 39.5 Å². The number of aromatic amines is 1.